The van der Waals surface area contributed by atoms with Crippen LogP contribution in [0.3, 0.4) is 0 Å². The molecule has 0 aliphatic heterocycles. The van der Waals surface area contributed by atoms with Crippen molar-refractivity contribution in [2.75, 3.05) is 0 Å². The third kappa shape index (κ3) is 3.20. The van der Waals surface area contributed by atoms with Gasteiger partial charge in [0.2, 0.25) is 0 Å². The van der Waals surface area contributed by atoms with E-state index in [0.717, 1.165) is 6.42 Å². The molecule has 2 aromatic carbocycles. The molecule has 0 bridgehead atoms. The highest BCUT2D eigenvalue weighted by Crippen LogP contribution is 2.42. The SMILES string of the molecule is Cc1ccccc1C(Br)(Br)Cc1ccccc1. The monoisotopic (exact) mass is 352 g/mol. The molecule has 0 nitrogen and oxygen atoms in total. The van der Waals surface area contributed by atoms with E-state index in [1.165, 1.54) is 16.7 Å². The van der Waals surface area contributed by atoms with Gasteiger partial charge in [0, 0.05) is 6.42 Å². The normalized spacial score (nSPS) is 11.5. The molecule has 2 heteroatoms. The molecule has 17 heavy (non-hydrogen) atoms. The second-order valence-corrected chi connectivity index (χ2v) is 7.95. The average molecular weight is 354 g/mol. The van der Waals surface area contributed by atoms with Crippen molar-refractivity contribution < 1.29 is 0 Å². The zero-order chi connectivity index (χ0) is 12.3. The molecule has 0 aliphatic carbocycles. The van der Waals surface area contributed by atoms with Gasteiger partial charge in [-0.2, -0.15) is 0 Å². The lowest BCUT2D eigenvalue weighted by atomic mass is 10.0. The van der Waals surface area contributed by atoms with Gasteiger partial charge in [0.05, 0.1) is 0 Å². The largest absolute Gasteiger partial charge is 0.110 e. The van der Waals surface area contributed by atoms with Gasteiger partial charge in [-0.15, -0.1) is 0 Å². The summed E-state index contributed by atoms with van der Waals surface area (Å²) < 4.78 is -0.188. The number of halogens is 2. The zero-order valence-corrected chi connectivity index (χ0v) is 12.8. The number of hydrogen-bond donors (Lipinski definition) is 0. The van der Waals surface area contributed by atoms with Crippen LogP contribution in [0, 0.1) is 6.92 Å². The summed E-state index contributed by atoms with van der Waals surface area (Å²) in [5.74, 6) is 0. The number of alkyl halides is 2. The summed E-state index contributed by atoms with van der Waals surface area (Å²) in [7, 11) is 0. The molecule has 0 radical (unpaired) electrons. The van der Waals surface area contributed by atoms with Gasteiger partial charge in [0.15, 0.2) is 0 Å². The Bertz CT molecular complexity index is 489. The van der Waals surface area contributed by atoms with Gasteiger partial charge < -0.3 is 0 Å². The third-order valence-corrected chi connectivity index (χ3v) is 4.22. The molecule has 0 N–H and O–H groups in total. The summed E-state index contributed by atoms with van der Waals surface area (Å²) in [5.41, 5.74) is 3.88. The van der Waals surface area contributed by atoms with Crippen molar-refractivity contribution in [2.45, 2.75) is 16.6 Å². The molecule has 0 aromatic heterocycles. The van der Waals surface area contributed by atoms with E-state index in [1.54, 1.807) is 0 Å². The molecular formula is C15H14Br2. The van der Waals surface area contributed by atoms with E-state index in [-0.39, 0.29) is 3.23 Å². The van der Waals surface area contributed by atoms with Crippen LogP contribution in [-0.2, 0) is 9.65 Å². The van der Waals surface area contributed by atoms with Crippen LogP contribution in [0.15, 0.2) is 54.6 Å². The first-order valence-electron chi connectivity index (χ1n) is 5.57. The quantitative estimate of drug-likeness (QED) is 0.667. The highest BCUT2D eigenvalue weighted by atomic mass is 79.9. The standard InChI is InChI=1S/C15H14Br2/c1-12-7-5-6-10-14(12)15(16,17)11-13-8-3-2-4-9-13/h2-10H,11H2,1H3. The fourth-order valence-corrected chi connectivity index (χ4v) is 3.47. The van der Waals surface area contributed by atoms with E-state index in [2.05, 4.69) is 87.3 Å². The highest BCUT2D eigenvalue weighted by Gasteiger charge is 2.26. The maximum absolute atomic E-state index is 3.79. The van der Waals surface area contributed by atoms with Gasteiger partial charge in [0.25, 0.3) is 0 Å². The first-order valence-corrected chi connectivity index (χ1v) is 7.16. The van der Waals surface area contributed by atoms with Gasteiger partial charge >= 0.3 is 0 Å². The van der Waals surface area contributed by atoms with Crippen molar-refractivity contribution in [3.8, 4) is 0 Å². The molecule has 0 fully saturated rings. The smallest absolute Gasteiger partial charge is 0.0670 e. The van der Waals surface area contributed by atoms with E-state index < -0.39 is 0 Å². The van der Waals surface area contributed by atoms with E-state index in [0.29, 0.717) is 0 Å². The molecule has 0 saturated heterocycles. The fourth-order valence-electron chi connectivity index (χ4n) is 1.93. The minimum absolute atomic E-state index is 0.188. The Morgan fingerprint density at radius 1 is 0.882 bits per heavy atom. The summed E-state index contributed by atoms with van der Waals surface area (Å²) >= 11 is 7.59. The molecule has 0 unspecified atom stereocenters. The van der Waals surface area contributed by atoms with Crippen LogP contribution in [-0.4, -0.2) is 0 Å². The zero-order valence-electron chi connectivity index (χ0n) is 9.66. The second kappa shape index (κ2) is 5.36. The lowest BCUT2D eigenvalue weighted by Crippen LogP contribution is -2.14. The van der Waals surface area contributed by atoms with Gasteiger partial charge in [-0.1, -0.05) is 86.5 Å². The molecule has 88 valence electrons. The molecule has 2 aromatic rings. The van der Waals surface area contributed by atoms with E-state index in [4.69, 9.17) is 0 Å². The summed E-state index contributed by atoms with van der Waals surface area (Å²) in [6.45, 7) is 2.14. The van der Waals surface area contributed by atoms with Gasteiger partial charge in [0.1, 0.15) is 3.23 Å². The molecular weight excluding hydrogens is 340 g/mol. The molecule has 0 spiro atoms. The Hall–Kier alpha value is -0.600. The average Bonchev–Trinajstić information content (AvgIpc) is 2.30. The Kier molecular flexibility index (Phi) is 4.05. The summed E-state index contributed by atoms with van der Waals surface area (Å²) in [4.78, 5) is 0. The van der Waals surface area contributed by atoms with Crippen LogP contribution in [0.4, 0.5) is 0 Å². The predicted molar refractivity (Wildman–Crippen MR) is 80.9 cm³/mol. The van der Waals surface area contributed by atoms with Gasteiger partial charge in [-0.05, 0) is 23.6 Å². The topological polar surface area (TPSA) is 0 Å². The van der Waals surface area contributed by atoms with Crippen molar-refractivity contribution in [1.29, 1.82) is 0 Å². The predicted octanol–water partition coefficient (Wildman–Crippen LogP) is 5.18. The van der Waals surface area contributed by atoms with Crippen molar-refractivity contribution in [3.63, 3.8) is 0 Å². The molecule has 0 aliphatic rings. The Labute approximate surface area is 119 Å². The third-order valence-electron chi connectivity index (χ3n) is 2.81. The van der Waals surface area contributed by atoms with Crippen LogP contribution in [0.25, 0.3) is 0 Å². The lowest BCUT2D eigenvalue weighted by molar-refractivity contribution is 0.890. The van der Waals surface area contributed by atoms with Crippen molar-refractivity contribution in [3.05, 3.63) is 71.3 Å². The highest BCUT2D eigenvalue weighted by molar-refractivity contribution is 9.24. The minimum atomic E-state index is -0.188. The first kappa shape index (κ1) is 12.8. The number of hydrogen-bond acceptors (Lipinski definition) is 0. The van der Waals surface area contributed by atoms with Gasteiger partial charge in [-0.3, -0.25) is 0 Å². The maximum atomic E-state index is 3.79. The number of benzene rings is 2. The maximum Gasteiger partial charge on any atom is 0.110 e. The van der Waals surface area contributed by atoms with E-state index in [9.17, 15) is 0 Å². The Morgan fingerprint density at radius 2 is 1.47 bits per heavy atom. The molecule has 0 heterocycles. The summed E-state index contributed by atoms with van der Waals surface area (Å²) in [6, 6.07) is 18.9. The van der Waals surface area contributed by atoms with Crippen LogP contribution in [0.5, 0.6) is 0 Å². The molecule has 0 amide bonds. The van der Waals surface area contributed by atoms with Crippen LogP contribution < -0.4 is 0 Å². The summed E-state index contributed by atoms with van der Waals surface area (Å²) in [5, 5.41) is 0. The fraction of sp³-hybridized carbons (Fsp3) is 0.200. The van der Waals surface area contributed by atoms with E-state index >= 15 is 0 Å². The summed E-state index contributed by atoms with van der Waals surface area (Å²) in [6.07, 6.45) is 0.915. The van der Waals surface area contributed by atoms with Crippen LogP contribution in [0.1, 0.15) is 16.7 Å². The minimum Gasteiger partial charge on any atom is -0.0670 e. The van der Waals surface area contributed by atoms with E-state index in [1.807, 2.05) is 6.07 Å². The number of aryl methyl sites for hydroxylation is 1. The first-order chi connectivity index (χ1) is 8.09. The molecule has 2 rings (SSSR count). The Balaban J connectivity index is 2.28. The van der Waals surface area contributed by atoms with Gasteiger partial charge in [-0.25, -0.2) is 0 Å². The molecule has 0 atom stereocenters. The Morgan fingerprint density at radius 3 is 2.12 bits per heavy atom. The van der Waals surface area contributed by atoms with Crippen LogP contribution >= 0.6 is 31.9 Å². The van der Waals surface area contributed by atoms with Crippen molar-refractivity contribution in [1.82, 2.24) is 0 Å². The number of rotatable bonds is 3. The van der Waals surface area contributed by atoms with Crippen molar-refractivity contribution >= 4 is 31.9 Å². The van der Waals surface area contributed by atoms with Crippen molar-refractivity contribution in [2.24, 2.45) is 0 Å². The van der Waals surface area contributed by atoms with Crippen LogP contribution in [0.2, 0.25) is 0 Å². The molecule has 0 saturated carbocycles. The second-order valence-electron chi connectivity index (χ2n) is 4.18. The lowest BCUT2D eigenvalue weighted by Gasteiger charge is -2.23.